The van der Waals surface area contributed by atoms with E-state index < -0.39 is 7.14 Å². The van der Waals surface area contributed by atoms with Gasteiger partial charge in [-0.05, 0) is 78.5 Å². The van der Waals surface area contributed by atoms with Crippen molar-refractivity contribution in [3.8, 4) is 22.4 Å². The number of benzene rings is 2. The van der Waals surface area contributed by atoms with Gasteiger partial charge in [0.1, 0.15) is 5.82 Å². The van der Waals surface area contributed by atoms with Gasteiger partial charge in [0.25, 0.3) is 0 Å². The Labute approximate surface area is 178 Å². The van der Waals surface area contributed by atoms with Crippen molar-refractivity contribution >= 4 is 7.14 Å². The molecular weight excluding hydrogens is 392 g/mol. The molecule has 1 aliphatic rings. The van der Waals surface area contributed by atoms with E-state index in [1.54, 1.807) is 0 Å². The van der Waals surface area contributed by atoms with E-state index in [1.165, 1.54) is 28.8 Å². The largest absolute Gasteiger partial charge is 0.324 e. The summed E-state index contributed by atoms with van der Waals surface area (Å²) in [5.41, 5.74) is 8.95. The van der Waals surface area contributed by atoms with Gasteiger partial charge >= 0.3 is 0 Å². The van der Waals surface area contributed by atoms with Gasteiger partial charge in [-0.1, -0.05) is 50.2 Å². The topological polar surface area (TPSA) is 30.0 Å². The van der Waals surface area contributed by atoms with E-state index in [1.807, 2.05) is 25.5 Å². The Bertz CT molecular complexity index is 1130. The molecule has 0 radical (unpaired) electrons. The van der Waals surface area contributed by atoms with Crippen LogP contribution in [0, 0.1) is 5.82 Å². The van der Waals surface area contributed by atoms with Crippen LogP contribution in [0.25, 0.3) is 22.4 Å². The standard InChI is InChI=1S/C26H29FNOP/c1-17(2)25-23(16-30(3,4)29)24(19-12-14-20(27)15-13-19)22-11-7-9-18-8-5-6-10-21(18)26(22)28-25/h5-6,8,10,12-15,17H,7,9,11,16H2,1-4H3. The first kappa shape index (κ1) is 21.0. The van der Waals surface area contributed by atoms with Crippen LogP contribution in [0.15, 0.2) is 48.5 Å². The van der Waals surface area contributed by atoms with Crippen molar-refractivity contribution in [3.05, 3.63) is 76.7 Å². The molecule has 0 amide bonds. The third-order valence-electron chi connectivity index (χ3n) is 5.79. The van der Waals surface area contributed by atoms with Crippen LogP contribution in [0.3, 0.4) is 0 Å². The molecule has 0 spiro atoms. The lowest BCUT2D eigenvalue weighted by atomic mass is 9.87. The zero-order chi connectivity index (χ0) is 21.5. The van der Waals surface area contributed by atoms with Gasteiger partial charge in [-0.3, -0.25) is 4.98 Å². The Morgan fingerprint density at radius 1 is 1.03 bits per heavy atom. The second-order valence-electron chi connectivity index (χ2n) is 9.08. The number of aromatic nitrogens is 1. The number of halogens is 1. The molecule has 3 aromatic rings. The average Bonchev–Trinajstić information content (AvgIpc) is 2.86. The second kappa shape index (κ2) is 8.12. The first-order valence-corrected chi connectivity index (χ1v) is 13.5. The van der Waals surface area contributed by atoms with Gasteiger partial charge in [-0.25, -0.2) is 4.39 Å². The Hall–Kier alpha value is -2.25. The smallest absolute Gasteiger partial charge is 0.123 e. The van der Waals surface area contributed by atoms with Crippen molar-refractivity contribution in [2.45, 2.75) is 45.2 Å². The van der Waals surface area contributed by atoms with Crippen LogP contribution in [0.5, 0.6) is 0 Å². The van der Waals surface area contributed by atoms with Crippen LogP contribution in [0.2, 0.25) is 0 Å². The Balaban J connectivity index is 2.11. The lowest BCUT2D eigenvalue weighted by Gasteiger charge is -2.24. The number of rotatable bonds is 4. The van der Waals surface area contributed by atoms with Crippen LogP contribution >= 0.6 is 7.14 Å². The number of fused-ring (bicyclic) bond motifs is 3. The summed E-state index contributed by atoms with van der Waals surface area (Å²) in [5, 5.41) is 0. The number of hydrogen-bond donors (Lipinski definition) is 0. The van der Waals surface area contributed by atoms with E-state index in [2.05, 4.69) is 38.1 Å². The van der Waals surface area contributed by atoms with Crippen molar-refractivity contribution in [1.29, 1.82) is 0 Å². The van der Waals surface area contributed by atoms with Crippen molar-refractivity contribution in [3.63, 3.8) is 0 Å². The molecule has 1 aliphatic carbocycles. The third-order valence-corrected chi connectivity index (χ3v) is 6.87. The minimum Gasteiger partial charge on any atom is -0.324 e. The van der Waals surface area contributed by atoms with Crippen molar-refractivity contribution in [2.75, 3.05) is 13.3 Å². The fraction of sp³-hybridized carbons (Fsp3) is 0.346. The molecule has 0 N–H and O–H groups in total. The zero-order valence-corrected chi connectivity index (χ0v) is 19.1. The predicted molar refractivity (Wildman–Crippen MR) is 124 cm³/mol. The van der Waals surface area contributed by atoms with E-state index in [4.69, 9.17) is 4.98 Å². The highest BCUT2D eigenvalue weighted by atomic mass is 31.2. The van der Waals surface area contributed by atoms with Gasteiger partial charge in [0.15, 0.2) is 0 Å². The maximum Gasteiger partial charge on any atom is 0.123 e. The molecule has 0 atom stereocenters. The van der Waals surface area contributed by atoms with E-state index in [9.17, 15) is 8.96 Å². The first-order chi connectivity index (χ1) is 14.2. The van der Waals surface area contributed by atoms with Crippen molar-refractivity contribution in [1.82, 2.24) is 4.98 Å². The minimum atomic E-state index is -2.34. The average molecular weight is 421 g/mol. The van der Waals surface area contributed by atoms with Gasteiger partial charge in [0.05, 0.1) is 12.8 Å². The van der Waals surface area contributed by atoms with Gasteiger partial charge in [0.2, 0.25) is 0 Å². The highest BCUT2D eigenvalue weighted by molar-refractivity contribution is 7.61. The number of pyridine rings is 1. The lowest BCUT2D eigenvalue weighted by Crippen LogP contribution is -2.09. The van der Waals surface area contributed by atoms with Gasteiger partial charge < -0.3 is 4.57 Å². The number of hydrogen-bond acceptors (Lipinski definition) is 2. The monoisotopic (exact) mass is 421 g/mol. The highest BCUT2D eigenvalue weighted by Gasteiger charge is 2.27. The van der Waals surface area contributed by atoms with Crippen LogP contribution in [-0.2, 0) is 23.6 Å². The van der Waals surface area contributed by atoms with E-state index in [-0.39, 0.29) is 11.7 Å². The van der Waals surface area contributed by atoms with Crippen LogP contribution in [-0.4, -0.2) is 18.3 Å². The highest BCUT2D eigenvalue weighted by Crippen LogP contribution is 2.48. The van der Waals surface area contributed by atoms with Crippen LogP contribution < -0.4 is 0 Å². The summed E-state index contributed by atoms with van der Waals surface area (Å²) in [7, 11) is -2.34. The molecule has 0 fully saturated rings. The minimum absolute atomic E-state index is 0.200. The van der Waals surface area contributed by atoms with E-state index in [0.29, 0.717) is 6.16 Å². The summed E-state index contributed by atoms with van der Waals surface area (Å²) in [6.45, 7) is 7.97. The molecule has 0 bridgehead atoms. The third kappa shape index (κ3) is 4.14. The summed E-state index contributed by atoms with van der Waals surface area (Å²) >= 11 is 0. The normalized spacial score (nSPS) is 13.7. The molecule has 4 heteroatoms. The predicted octanol–water partition coefficient (Wildman–Crippen LogP) is 7.29. The van der Waals surface area contributed by atoms with Crippen LogP contribution in [0.4, 0.5) is 4.39 Å². The SMILES string of the molecule is CC(C)c1nc2c(c(-c3ccc(F)cc3)c1CP(C)(C)=O)CCCc1ccccc1-2. The van der Waals surface area contributed by atoms with Gasteiger partial charge in [-0.15, -0.1) is 0 Å². The first-order valence-electron chi connectivity index (χ1n) is 10.7. The Kier molecular flexibility index (Phi) is 5.68. The molecule has 30 heavy (non-hydrogen) atoms. The molecule has 0 saturated heterocycles. The lowest BCUT2D eigenvalue weighted by molar-refractivity contribution is 0.581. The number of aryl methyl sites for hydroxylation is 1. The summed E-state index contributed by atoms with van der Waals surface area (Å²) in [5.74, 6) is -0.0435. The number of nitrogens with zero attached hydrogens (tertiary/aromatic N) is 1. The summed E-state index contributed by atoms with van der Waals surface area (Å²) in [4.78, 5) is 5.21. The van der Waals surface area contributed by atoms with Crippen molar-refractivity contribution < 1.29 is 8.96 Å². The van der Waals surface area contributed by atoms with E-state index >= 15 is 0 Å². The van der Waals surface area contributed by atoms with Crippen LogP contribution in [0.1, 0.15) is 48.6 Å². The zero-order valence-electron chi connectivity index (χ0n) is 18.2. The van der Waals surface area contributed by atoms with E-state index in [0.717, 1.165) is 47.3 Å². The molecule has 2 aromatic carbocycles. The summed E-state index contributed by atoms with van der Waals surface area (Å²) in [6, 6.07) is 15.3. The molecule has 0 aliphatic heterocycles. The second-order valence-corrected chi connectivity index (χ2v) is 12.5. The summed E-state index contributed by atoms with van der Waals surface area (Å²) < 4.78 is 26.7. The fourth-order valence-electron chi connectivity index (χ4n) is 4.56. The molecule has 1 aromatic heterocycles. The molecule has 2 nitrogen and oxygen atoms in total. The Morgan fingerprint density at radius 3 is 2.40 bits per heavy atom. The molecule has 156 valence electrons. The molecule has 4 rings (SSSR count). The molecule has 1 heterocycles. The van der Waals surface area contributed by atoms with Crippen molar-refractivity contribution in [2.24, 2.45) is 0 Å². The summed E-state index contributed by atoms with van der Waals surface area (Å²) in [6.07, 6.45) is 3.47. The molecule has 0 unspecified atom stereocenters. The van der Waals surface area contributed by atoms with Gasteiger partial charge in [-0.2, -0.15) is 0 Å². The fourth-order valence-corrected chi connectivity index (χ4v) is 5.64. The Morgan fingerprint density at radius 2 is 1.73 bits per heavy atom. The maximum atomic E-state index is 13.7. The molecule has 0 saturated carbocycles. The quantitative estimate of drug-likeness (QED) is 0.414. The maximum absolute atomic E-state index is 13.7. The molecular formula is C26H29FNOP. The van der Waals surface area contributed by atoms with Gasteiger partial charge in [0, 0.05) is 17.4 Å².